The number of amides is 2. The molecule has 0 aromatic heterocycles. The van der Waals surface area contributed by atoms with Gasteiger partial charge < -0.3 is 20.9 Å². The van der Waals surface area contributed by atoms with Gasteiger partial charge in [0, 0.05) is 31.3 Å². The Morgan fingerprint density at radius 2 is 1.87 bits per heavy atom. The topological polar surface area (TPSA) is 85.8 Å². The number of anilines is 1. The number of nitrogens with zero attached hydrogens (tertiary/aromatic N) is 2. The molecular formula is C15H22BrN5O2. The normalized spacial score (nSPS) is 10.9. The maximum Gasteiger partial charge on any atom is 0.243 e. The minimum absolute atomic E-state index is 0.0434. The molecule has 0 aliphatic heterocycles. The molecule has 0 spiro atoms. The Bertz CT molecular complexity index is 602. The first kappa shape index (κ1) is 19.0. The summed E-state index contributed by atoms with van der Waals surface area (Å²) in [5.41, 5.74) is 1.72. The number of hydrogen-bond acceptors (Lipinski definition) is 3. The van der Waals surface area contributed by atoms with Crippen LogP contribution in [0.1, 0.15) is 5.56 Å². The van der Waals surface area contributed by atoms with Gasteiger partial charge in [0.2, 0.25) is 11.8 Å². The molecule has 0 aliphatic carbocycles. The molecule has 1 aromatic rings. The molecule has 2 amide bonds. The summed E-state index contributed by atoms with van der Waals surface area (Å²) in [5, 5.41) is 8.54. The number of benzene rings is 1. The molecule has 126 valence electrons. The van der Waals surface area contributed by atoms with Gasteiger partial charge in [-0.3, -0.25) is 14.6 Å². The van der Waals surface area contributed by atoms with Crippen molar-refractivity contribution < 1.29 is 9.59 Å². The van der Waals surface area contributed by atoms with Gasteiger partial charge in [0.05, 0.1) is 13.1 Å². The van der Waals surface area contributed by atoms with Crippen LogP contribution in [-0.4, -0.2) is 56.9 Å². The summed E-state index contributed by atoms with van der Waals surface area (Å²) in [6, 6.07) is 5.67. The SMILES string of the molecule is CN=C(NCC(=O)Nc1cc(Br)ccc1C)NCC(=O)N(C)C. The average Bonchev–Trinajstić information content (AvgIpc) is 2.50. The number of aryl methyl sites for hydroxylation is 1. The van der Waals surface area contributed by atoms with Crippen LogP contribution in [0.25, 0.3) is 0 Å². The van der Waals surface area contributed by atoms with Gasteiger partial charge in [-0.2, -0.15) is 0 Å². The molecule has 0 heterocycles. The van der Waals surface area contributed by atoms with Crippen molar-refractivity contribution in [3.05, 3.63) is 28.2 Å². The van der Waals surface area contributed by atoms with Crippen LogP contribution in [0.3, 0.4) is 0 Å². The first-order chi connectivity index (χ1) is 10.8. The fourth-order valence-corrected chi connectivity index (χ4v) is 1.99. The molecule has 0 aliphatic rings. The van der Waals surface area contributed by atoms with E-state index in [-0.39, 0.29) is 24.9 Å². The van der Waals surface area contributed by atoms with Gasteiger partial charge in [0.15, 0.2) is 5.96 Å². The van der Waals surface area contributed by atoms with E-state index in [0.29, 0.717) is 5.96 Å². The van der Waals surface area contributed by atoms with Gasteiger partial charge >= 0.3 is 0 Å². The number of halogens is 1. The minimum Gasteiger partial charge on any atom is -0.347 e. The molecule has 0 unspecified atom stereocenters. The lowest BCUT2D eigenvalue weighted by Gasteiger charge is -2.14. The molecule has 0 saturated carbocycles. The molecule has 0 atom stereocenters. The fourth-order valence-electron chi connectivity index (χ4n) is 1.63. The Labute approximate surface area is 144 Å². The summed E-state index contributed by atoms with van der Waals surface area (Å²) in [6.07, 6.45) is 0. The van der Waals surface area contributed by atoms with Crippen molar-refractivity contribution in [2.24, 2.45) is 4.99 Å². The van der Waals surface area contributed by atoms with Crippen molar-refractivity contribution in [3.8, 4) is 0 Å². The fraction of sp³-hybridized carbons (Fsp3) is 0.400. The predicted octanol–water partition coefficient (Wildman–Crippen LogP) is 0.949. The van der Waals surface area contributed by atoms with Crippen molar-refractivity contribution in [3.63, 3.8) is 0 Å². The number of carbonyl (C=O) groups is 2. The Balaban J connectivity index is 2.48. The van der Waals surface area contributed by atoms with E-state index in [4.69, 9.17) is 0 Å². The molecule has 7 nitrogen and oxygen atoms in total. The molecule has 3 N–H and O–H groups in total. The molecule has 0 radical (unpaired) electrons. The highest BCUT2D eigenvalue weighted by Gasteiger charge is 2.08. The number of aliphatic imine (C=N–C) groups is 1. The summed E-state index contributed by atoms with van der Waals surface area (Å²) >= 11 is 3.37. The lowest BCUT2D eigenvalue weighted by atomic mass is 10.2. The van der Waals surface area contributed by atoms with Crippen LogP contribution in [0.4, 0.5) is 5.69 Å². The van der Waals surface area contributed by atoms with Gasteiger partial charge in [-0.05, 0) is 24.6 Å². The van der Waals surface area contributed by atoms with Gasteiger partial charge in [0.25, 0.3) is 0 Å². The Kier molecular flexibility index (Phi) is 7.53. The molecule has 0 fully saturated rings. The maximum atomic E-state index is 12.0. The predicted molar refractivity (Wildman–Crippen MR) is 95.6 cm³/mol. The number of likely N-dealkylation sites (N-methyl/N-ethyl adjacent to an activating group) is 1. The zero-order valence-corrected chi connectivity index (χ0v) is 15.3. The van der Waals surface area contributed by atoms with E-state index >= 15 is 0 Å². The molecule has 1 rings (SSSR count). The van der Waals surface area contributed by atoms with Crippen molar-refractivity contribution in [1.82, 2.24) is 15.5 Å². The molecule has 0 bridgehead atoms. The average molecular weight is 384 g/mol. The minimum atomic E-state index is -0.201. The van der Waals surface area contributed by atoms with Gasteiger partial charge in [-0.15, -0.1) is 0 Å². The number of carbonyl (C=O) groups excluding carboxylic acids is 2. The van der Waals surface area contributed by atoms with Gasteiger partial charge in [-0.25, -0.2) is 0 Å². The van der Waals surface area contributed by atoms with E-state index in [9.17, 15) is 9.59 Å². The highest BCUT2D eigenvalue weighted by Crippen LogP contribution is 2.20. The third kappa shape index (κ3) is 6.68. The van der Waals surface area contributed by atoms with E-state index in [1.54, 1.807) is 21.1 Å². The van der Waals surface area contributed by atoms with Gasteiger partial charge in [-0.1, -0.05) is 22.0 Å². The first-order valence-corrected chi connectivity index (χ1v) is 7.83. The van der Waals surface area contributed by atoms with E-state index < -0.39 is 0 Å². The maximum absolute atomic E-state index is 12.0. The van der Waals surface area contributed by atoms with Crippen molar-refractivity contribution in [1.29, 1.82) is 0 Å². The first-order valence-electron chi connectivity index (χ1n) is 7.04. The zero-order valence-electron chi connectivity index (χ0n) is 13.7. The zero-order chi connectivity index (χ0) is 17.4. The van der Waals surface area contributed by atoms with Crippen LogP contribution in [0, 0.1) is 6.92 Å². The summed E-state index contributed by atoms with van der Waals surface area (Å²) < 4.78 is 0.894. The van der Waals surface area contributed by atoms with Crippen LogP contribution in [-0.2, 0) is 9.59 Å². The summed E-state index contributed by atoms with van der Waals surface area (Å²) in [6.45, 7) is 2.07. The standard InChI is InChI=1S/C15H22BrN5O2/c1-10-5-6-11(16)7-12(10)20-13(22)8-18-15(17-2)19-9-14(23)21(3)4/h5-7H,8-9H2,1-4H3,(H,20,22)(H2,17,18,19). The van der Waals surface area contributed by atoms with Gasteiger partial charge in [0.1, 0.15) is 0 Å². The Morgan fingerprint density at radius 3 is 2.48 bits per heavy atom. The molecule has 0 saturated heterocycles. The number of rotatable bonds is 5. The quantitative estimate of drug-likeness (QED) is 0.521. The summed E-state index contributed by atoms with van der Waals surface area (Å²) in [5.74, 6) is 0.108. The molecule has 1 aromatic carbocycles. The van der Waals surface area contributed by atoms with Crippen molar-refractivity contribution in [2.75, 3.05) is 39.5 Å². The van der Waals surface area contributed by atoms with Crippen LogP contribution < -0.4 is 16.0 Å². The van der Waals surface area contributed by atoms with E-state index in [2.05, 4.69) is 36.9 Å². The molecule has 23 heavy (non-hydrogen) atoms. The smallest absolute Gasteiger partial charge is 0.243 e. The highest BCUT2D eigenvalue weighted by atomic mass is 79.9. The summed E-state index contributed by atoms with van der Waals surface area (Å²) in [4.78, 5) is 28.9. The largest absolute Gasteiger partial charge is 0.347 e. The number of hydrogen-bond donors (Lipinski definition) is 3. The van der Waals surface area contributed by atoms with Crippen LogP contribution >= 0.6 is 15.9 Å². The second kappa shape index (κ2) is 9.14. The Hall–Kier alpha value is -2.09. The van der Waals surface area contributed by atoms with Crippen molar-refractivity contribution >= 4 is 39.4 Å². The lowest BCUT2D eigenvalue weighted by molar-refractivity contribution is -0.127. The second-order valence-corrected chi connectivity index (χ2v) is 5.99. The van der Waals surface area contributed by atoms with E-state index in [1.807, 2.05) is 25.1 Å². The molecular weight excluding hydrogens is 362 g/mol. The number of nitrogens with one attached hydrogen (secondary N) is 3. The third-order valence-corrected chi connectivity index (χ3v) is 3.51. The number of guanidine groups is 1. The Morgan fingerprint density at radius 1 is 1.22 bits per heavy atom. The van der Waals surface area contributed by atoms with Crippen LogP contribution in [0.5, 0.6) is 0 Å². The molecule has 8 heteroatoms. The summed E-state index contributed by atoms with van der Waals surface area (Å²) in [7, 11) is 4.92. The van der Waals surface area contributed by atoms with Crippen molar-refractivity contribution in [2.45, 2.75) is 6.92 Å². The second-order valence-electron chi connectivity index (χ2n) is 5.07. The van der Waals surface area contributed by atoms with E-state index in [0.717, 1.165) is 15.7 Å². The third-order valence-electron chi connectivity index (χ3n) is 3.02. The monoisotopic (exact) mass is 383 g/mol. The van der Waals surface area contributed by atoms with Crippen LogP contribution in [0.15, 0.2) is 27.7 Å². The lowest BCUT2D eigenvalue weighted by Crippen LogP contribution is -2.45. The highest BCUT2D eigenvalue weighted by molar-refractivity contribution is 9.10. The van der Waals surface area contributed by atoms with E-state index in [1.165, 1.54) is 4.90 Å². The van der Waals surface area contributed by atoms with Crippen LogP contribution in [0.2, 0.25) is 0 Å².